The molecule has 0 amide bonds. The summed E-state index contributed by atoms with van der Waals surface area (Å²) in [4.78, 5) is 13.3. The highest BCUT2D eigenvalue weighted by Gasteiger charge is 2.20. The molecular formula is C27H22N4O3S. The molecule has 2 heterocycles. The highest BCUT2D eigenvalue weighted by atomic mass is 32.2. The van der Waals surface area contributed by atoms with Gasteiger partial charge < -0.3 is 4.74 Å². The van der Waals surface area contributed by atoms with E-state index in [1.165, 1.54) is 0 Å². The molecule has 0 bridgehead atoms. The lowest BCUT2D eigenvalue weighted by molar-refractivity contribution is 0.294. The van der Waals surface area contributed by atoms with Gasteiger partial charge in [-0.25, -0.2) is 18.4 Å². The predicted octanol–water partition coefficient (Wildman–Crippen LogP) is 5.38. The number of aryl methyl sites for hydroxylation is 1. The monoisotopic (exact) mass is 482 g/mol. The standard InChI is InChI=1S/C27H22N4O3S/c1-19-11-13-22(14-12-19)35(32,33)31-26-27(34-18-20-6-5-15-28-16-20)30-25(17-29-26)24-10-4-8-21-7-2-3-9-23(21)24/h2-17H,18H2,1H3,(H,29,31). The van der Waals surface area contributed by atoms with Gasteiger partial charge >= 0.3 is 0 Å². The SMILES string of the molecule is Cc1ccc(S(=O)(=O)Nc2ncc(-c3cccc4ccccc34)nc2OCc2cccnc2)cc1. The van der Waals surface area contributed by atoms with Crippen molar-refractivity contribution in [3.8, 4) is 17.1 Å². The van der Waals surface area contributed by atoms with Crippen LogP contribution in [0.2, 0.25) is 0 Å². The minimum Gasteiger partial charge on any atom is -0.470 e. The molecule has 2 aromatic heterocycles. The van der Waals surface area contributed by atoms with Crippen LogP contribution in [0.3, 0.4) is 0 Å². The summed E-state index contributed by atoms with van der Waals surface area (Å²) in [6, 6.07) is 24.1. The Morgan fingerprint density at radius 1 is 0.886 bits per heavy atom. The summed E-state index contributed by atoms with van der Waals surface area (Å²) in [6.45, 7) is 2.05. The van der Waals surface area contributed by atoms with Gasteiger partial charge in [0.05, 0.1) is 16.8 Å². The number of hydrogen-bond acceptors (Lipinski definition) is 6. The minimum atomic E-state index is -3.89. The summed E-state index contributed by atoms with van der Waals surface area (Å²) >= 11 is 0. The molecule has 1 N–H and O–H groups in total. The first-order valence-corrected chi connectivity index (χ1v) is 12.4. The summed E-state index contributed by atoms with van der Waals surface area (Å²) in [7, 11) is -3.89. The molecule has 0 spiro atoms. The highest BCUT2D eigenvalue weighted by molar-refractivity contribution is 7.92. The lowest BCUT2D eigenvalue weighted by atomic mass is 10.0. The van der Waals surface area contributed by atoms with Crippen LogP contribution >= 0.6 is 0 Å². The lowest BCUT2D eigenvalue weighted by Gasteiger charge is -2.14. The number of sulfonamides is 1. The quantitative estimate of drug-likeness (QED) is 0.335. The minimum absolute atomic E-state index is 0.0125. The molecule has 5 aromatic rings. The van der Waals surface area contributed by atoms with Gasteiger partial charge in [-0.3, -0.25) is 9.71 Å². The summed E-state index contributed by atoms with van der Waals surface area (Å²) in [5.74, 6) is 0.0911. The maximum atomic E-state index is 13.0. The fourth-order valence-electron chi connectivity index (χ4n) is 3.66. The van der Waals surface area contributed by atoms with Crippen LogP contribution in [-0.2, 0) is 16.6 Å². The molecule has 0 radical (unpaired) electrons. The maximum absolute atomic E-state index is 13.0. The van der Waals surface area contributed by atoms with E-state index in [1.807, 2.05) is 55.5 Å². The first-order valence-electron chi connectivity index (χ1n) is 11.0. The Morgan fingerprint density at radius 2 is 1.69 bits per heavy atom. The molecule has 0 aliphatic heterocycles. The zero-order valence-electron chi connectivity index (χ0n) is 18.9. The third-order valence-corrected chi connectivity index (χ3v) is 6.82. The molecule has 0 aliphatic rings. The lowest BCUT2D eigenvalue weighted by Crippen LogP contribution is -2.15. The Morgan fingerprint density at radius 3 is 2.49 bits per heavy atom. The van der Waals surface area contributed by atoms with Crippen LogP contribution in [0, 0.1) is 6.92 Å². The molecule has 0 fully saturated rings. The molecule has 35 heavy (non-hydrogen) atoms. The van der Waals surface area contributed by atoms with Crippen LogP contribution in [0.15, 0.2) is 102 Å². The number of pyridine rings is 1. The van der Waals surface area contributed by atoms with Crippen molar-refractivity contribution in [3.05, 3.63) is 109 Å². The van der Waals surface area contributed by atoms with Crippen molar-refractivity contribution in [3.63, 3.8) is 0 Å². The summed E-state index contributed by atoms with van der Waals surface area (Å²) in [5, 5.41) is 2.07. The number of rotatable bonds is 7. The van der Waals surface area contributed by atoms with E-state index < -0.39 is 10.0 Å². The van der Waals surface area contributed by atoms with Gasteiger partial charge in [0, 0.05) is 23.5 Å². The molecule has 0 atom stereocenters. The topological polar surface area (TPSA) is 94.1 Å². The first kappa shape index (κ1) is 22.5. The van der Waals surface area contributed by atoms with Gasteiger partial charge in [0.25, 0.3) is 15.9 Å². The molecular weight excluding hydrogens is 460 g/mol. The van der Waals surface area contributed by atoms with Crippen molar-refractivity contribution in [2.24, 2.45) is 0 Å². The largest absolute Gasteiger partial charge is 0.470 e. The Labute approximate surface area is 203 Å². The molecule has 174 valence electrons. The third-order valence-electron chi connectivity index (χ3n) is 5.47. The van der Waals surface area contributed by atoms with E-state index in [0.29, 0.717) is 5.69 Å². The van der Waals surface area contributed by atoms with E-state index in [2.05, 4.69) is 19.7 Å². The van der Waals surface area contributed by atoms with Crippen molar-refractivity contribution < 1.29 is 13.2 Å². The number of fused-ring (bicyclic) bond motifs is 1. The van der Waals surface area contributed by atoms with E-state index in [4.69, 9.17) is 4.74 Å². The zero-order chi connectivity index (χ0) is 24.3. The summed E-state index contributed by atoms with van der Waals surface area (Å²) < 4.78 is 34.5. The second-order valence-corrected chi connectivity index (χ2v) is 9.69. The van der Waals surface area contributed by atoms with Crippen molar-refractivity contribution >= 4 is 26.6 Å². The van der Waals surface area contributed by atoms with Crippen molar-refractivity contribution in [1.29, 1.82) is 0 Å². The van der Waals surface area contributed by atoms with E-state index in [9.17, 15) is 8.42 Å². The molecule has 7 nitrogen and oxygen atoms in total. The van der Waals surface area contributed by atoms with Crippen LogP contribution < -0.4 is 9.46 Å². The van der Waals surface area contributed by atoms with Gasteiger partial charge in [-0.05, 0) is 35.9 Å². The van der Waals surface area contributed by atoms with Crippen LogP contribution in [0.1, 0.15) is 11.1 Å². The van der Waals surface area contributed by atoms with E-state index in [-0.39, 0.29) is 23.2 Å². The zero-order valence-corrected chi connectivity index (χ0v) is 19.7. The normalized spacial score (nSPS) is 11.3. The molecule has 0 unspecified atom stereocenters. The van der Waals surface area contributed by atoms with E-state index in [1.54, 1.807) is 48.9 Å². The second kappa shape index (κ2) is 9.52. The number of anilines is 1. The molecule has 0 saturated carbocycles. The van der Waals surface area contributed by atoms with Gasteiger partial charge in [0.2, 0.25) is 5.82 Å². The van der Waals surface area contributed by atoms with Gasteiger partial charge in [-0.15, -0.1) is 0 Å². The van der Waals surface area contributed by atoms with E-state index >= 15 is 0 Å². The Kier molecular flexibility index (Phi) is 6.12. The average Bonchev–Trinajstić information content (AvgIpc) is 2.88. The fourth-order valence-corrected chi connectivity index (χ4v) is 4.67. The van der Waals surface area contributed by atoms with Crippen molar-refractivity contribution in [1.82, 2.24) is 15.0 Å². The fraction of sp³-hybridized carbons (Fsp3) is 0.0741. The summed E-state index contributed by atoms with van der Waals surface area (Å²) in [6.07, 6.45) is 4.90. The molecule has 8 heteroatoms. The number of nitrogens with zero attached hydrogens (tertiary/aromatic N) is 3. The van der Waals surface area contributed by atoms with Crippen molar-refractivity contribution in [2.75, 3.05) is 4.72 Å². The smallest absolute Gasteiger partial charge is 0.263 e. The Bertz CT molecular complexity index is 1580. The van der Waals surface area contributed by atoms with Gasteiger partial charge in [0.1, 0.15) is 6.61 Å². The van der Waals surface area contributed by atoms with Crippen LogP contribution in [0.25, 0.3) is 22.0 Å². The Balaban J connectivity index is 1.55. The number of aromatic nitrogens is 3. The maximum Gasteiger partial charge on any atom is 0.263 e. The Hall–Kier alpha value is -4.30. The van der Waals surface area contributed by atoms with E-state index in [0.717, 1.165) is 27.5 Å². The number of ether oxygens (including phenoxy) is 1. The molecule has 0 aliphatic carbocycles. The summed E-state index contributed by atoms with van der Waals surface area (Å²) in [5.41, 5.74) is 3.22. The molecule has 5 rings (SSSR count). The van der Waals surface area contributed by atoms with Crippen molar-refractivity contribution in [2.45, 2.75) is 18.4 Å². The van der Waals surface area contributed by atoms with Gasteiger partial charge in [-0.1, -0.05) is 66.2 Å². The number of benzene rings is 3. The van der Waals surface area contributed by atoms with Gasteiger partial charge in [-0.2, -0.15) is 0 Å². The van der Waals surface area contributed by atoms with Gasteiger partial charge in [0.15, 0.2) is 0 Å². The predicted molar refractivity (Wildman–Crippen MR) is 136 cm³/mol. The van der Waals surface area contributed by atoms with Crippen LogP contribution in [-0.4, -0.2) is 23.4 Å². The third kappa shape index (κ3) is 4.97. The van der Waals surface area contributed by atoms with Crippen LogP contribution in [0.4, 0.5) is 5.82 Å². The number of nitrogens with one attached hydrogen (secondary N) is 1. The van der Waals surface area contributed by atoms with Crippen LogP contribution in [0.5, 0.6) is 5.88 Å². The average molecular weight is 483 g/mol. The second-order valence-electron chi connectivity index (χ2n) is 8.00. The molecule has 0 saturated heterocycles. The molecule has 3 aromatic carbocycles. The first-order chi connectivity index (χ1) is 17.0. The highest BCUT2D eigenvalue weighted by Crippen LogP contribution is 2.31. The number of hydrogen-bond donors (Lipinski definition) is 1.